The quantitative estimate of drug-likeness (QED) is 0.584. The molecular weight excluding hydrogens is 346 g/mol. The van der Waals surface area contributed by atoms with Gasteiger partial charge in [0.05, 0.1) is 12.3 Å². The Morgan fingerprint density at radius 1 is 1.26 bits per heavy atom. The minimum Gasteiger partial charge on any atom is -0.494 e. The van der Waals surface area contributed by atoms with Gasteiger partial charge >= 0.3 is 0 Å². The summed E-state index contributed by atoms with van der Waals surface area (Å²) < 4.78 is 12.8. The smallest absolute Gasteiger partial charge is 0.291 e. The van der Waals surface area contributed by atoms with E-state index in [4.69, 9.17) is 9.15 Å². The van der Waals surface area contributed by atoms with Crippen molar-refractivity contribution in [2.24, 2.45) is 0 Å². The molecule has 8 heteroatoms. The van der Waals surface area contributed by atoms with E-state index in [1.54, 1.807) is 12.1 Å². The zero-order valence-corrected chi connectivity index (χ0v) is 14.8. The Morgan fingerprint density at radius 3 is 2.93 bits per heavy atom. The molecular formula is C19H17N5O3. The van der Waals surface area contributed by atoms with Crippen LogP contribution in [0.25, 0.3) is 16.7 Å². The van der Waals surface area contributed by atoms with E-state index in [0.29, 0.717) is 17.9 Å². The van der Waals surface area contributed by atoms with Crippen molar-refractivity contribution in [3.8, 4) is 11.4 Å². The fourth-order valence-electron chi connectivity index (χ4n) is 2.87. The standard InChI is InChI=1S/C19H17N5O3/c1-3-26-15-7-8-17-16(10-15)12(2)18(27-17)19(25)21-13-5-4-6-14(9-13)24-11-20-22-23-24/h4-11H,3H2,1-2H3,(H,21,25). The lowest BCUT2D eigenvalue weighted by atomic mass is 10.1. The molecule has 0 radical (unpaired) electrons. The molecule has 2 aromatic heterocycles. The molecule has 136 valence electrons. The highest BCUT2D eigenvalue weighted by molar-refractivity contribution is 6.06. The first kappa shape index (κ1) is 16.8. The molecule has 1 amide bonds. The van der Waals surface area contributed by atoms with Crippen molar-refractivity contribution < 1.29 is 13.9 Å². The number of nitrogens with one attached hydrogen (secondary N) is 1. The van der Waals surface area contributed by atoms with E-state index in [1.807, 2.05) is 44.2 Å². The number of fused-ring (bicyclic) bond motifs is 1. The molecule has 2 heterocycles. The summed E-state index contributed by atoms with van der Waals surface area (Å²) in [5.74, 6) is 0.692. The number of rotatable bonds is 5. The summed E-state index contributed by atoms with van der Waals surface area (Å²) in [5, 5.41) is 14.8. The third-order valence-corrected chi connectivity index (χ3v) is 4.14. The van der Waals surface area contributed by atoms with Gasteiger partial charge in [-0.15, -0.1) is 5.10 Å². The molecule has 1 N–H and O–H groups in total. The Morgan fingerprint density at radius 2 is 2.15 bits per heavy atom. The Hall–Kier alpha value is -3.68. The number of aromatic nitrogens is 4. The van der Waals surface area contributed by atoms with Crippen LogP contribution in [-0.4, -0.2) is 32.7 Å². The number of amides is 1. The first-order valence-corrected chi connectivity index (χ1v) is 8.46. The number of carbonyl (C=O) groups excluding carboxylic acids is 1. The SMILES string of the molecule is CCOc1ccc2oc(C(=O)Nc3cccc(-n4cnnn4)c3)c(C)c2c1. The minimum absolute atomic E-state index is 0.270. The van der Waals surface area contributed by atoms with Crippen LogP contribution in [-0.2, 0) is 0 Å². The zero-order valence-electron chi connectivity index (χ0n) is 14.8. The number of anilines is 1. The predicted octanol–water partition coefficient (Wildman–Crippen LogP) is 3.37. The average Bonchev–Trinajstić information content (AvgIpc) is 3.31. The van der Waals surface area contributed by atoms with Crippen molar-refractivity contribution in [1.82, 2.24) is 20.2 Å². The highest BCUT2D eigenvalue weighted by atomic mass is 16.5. The van der Waals surface area contributed by atoms with Crippen LogP contribution >= 0.6 is 0 Å². The van der Waals surface area contributed by atoms with Gasteiger partial charge in [-0.1, -0.05) is 6.07 Å². The summed E-state index contributed by atoms with van der Waals surface area (Å²) in [4.78, 5) is 12.7. The molecule has 0 fully saturated rings. The van der Waals surface area contributed by atoms with Crippen molar-refractivity contribution in [3.63, 3.8) is 0 Å². The highest BCUT2D eigenvalue weighted by Crippen LogP contribution is 2.29. The molecule has 0 spiro atoms. The normalized spacial score (nSPS) is 10.9. The van der Waals surface area contributed by atoms with E-state index >= 15 is 0 Å². The predicted molar refractivity (Wildman–Crippen MR) is 99.2 cm³/mol. The molecule has 4 rings (SSSR count). The molecule has 0 bridgehead atoms. The molecule has 8 nitrogen and oxygen atoms in total. The number of tetrazole rings is 1. The number of ether oxygens (including phenoxy) is 1. The third kappa shape index (κ3) is 3.24. The lowest BCUT2D eigenvalue weighted by Crippen LogP contribution is -2.12. The van der Waals surface area contributed by atoms with Gasteiger partial charge in [-0.3, -0.25) is 4.79 Å². The molecule has 0 aliphatic heterocycles. The second-order valence-corrected chi connectivity index (χ2v) is 5.91. The lowest BCUT2D eigenvalue weighted by molar-refractivity contribution is 0.0998. The molecule has 0 saturated heterocycles. The molecule has 0 saturated carbocycles. The molecule has 0 unspecified atom stereocenters. The van der Waals surface area contributed by atoms with E-state index < -0.39 is 0 Å². The van der Waals surface area contributed by atoms with Gasteiger partial charge < -0.3 is 14.5 Å². The number of hydrogen-bond acceptors (Lipinski definition) is 6. The Kier molecular flexibility index (Phi) is 4.29. The van der Waals surface area contributed by atoms with Gasteiger partial charge in [0.15, 0.2) is 5.76 Å². The second-order valence-electron chi connectivity index (χ2n) is 5.91. The number of aryl methyl sites for hydroxylation is 1. The van der Waals surface area contributed by atoms with Gasteiger partial charge in [0, 0.05) is 16.6 Å². The largest absolute Gasteiger partial charge is 0.494 e. The van der Waals surface area contributed by atoms with Gasteiger partial charge in [-0.25, -0.2) is 4.68 Å². The van der Waals surface area contributed by atoms with Crippen molar-refractivity contribution in [3.05, 3.63) is 60.1 Å². The van der Waals surface area contributed by atoms with Crippen LogP contribution in [0.3, 0.4) is 0 Å². The summed E-state index contributed by atoms with van der Waals surface area (Å²) in [6, 6.07) is 12.7. The van der Waals surface area contributed by atoms with Crippen LogP contribution in [0.15, 0.2) is 53.2 Å². The first-order valence-electron chi connectivity index (χ1n) is 8.46. The van der Waals surface area contributed by atoms with Gasteiger partial charge in [-0.05, 0) is 60.7 Å². The highest BCUT2D eigenvalue weighted by Gasteiger charge is 2.18. The van der Waals surface area contributed by atoms with Crippen LogP contribution < -0.4 is 10.1 Å². The second kappa shape index (κ2) is 6.91. The molecule has 0 aliphatic rings. The first-order chi connectivity index (χ1) is 13.2. The van der Waals surface area contributed by atoms with Gasteiger partial charge in [0.25, 0.3) is 5.91 Å². The number of nitrogens with zero attached hydrogens (tertiary/aromatic N) is 4. The van der Waals surface area contributed by atoms with Crippen molar-refractivity contribution in [1.29, 1.82) is 0 Å². The van der Waals surface area contributed by atoms with E-state index in [9.17, 15) is 4.79 Å². The van der Waals surface area contributed by atoms with Crippen LogP contribution in [0.2, 0.25) is 0 Å². The maximum atomic E-state index is 12.7. The monoisotopic (exact) mass is 363 g/mol. The molecule has 27 heavy (non-hydrogen) atoms. The van der Waals surface area contributed by atoms with Crippen molar-refractivity contribution in [2.45, 2.75) is 13.8 Å². The minimum atomic E-state index is -0.324. The molecule has 2 aromatic carbocycles. The van der Waals surface area contributed by atoms with Gasteiger partial charge in [0.1, 0.15) is 17.7 Å². The van der Waals surface area contributed by atoms with Crippen LogP contribution in [0, 0.1) is 6.92 Å². The van der Waals surface area contributed by atoms with Gasteiger partial charge in [0.2, 0.25) is 0 Å². The fraction of sp³-hybridized carbons (Fsp3) is 0.158. The summed E-state index contributed by atoms with van der Waals surface area (Å²) in [6.45, 7) is 4.36. The molecule has 4 aromatic rings. The topological polar surface area (TPSA) is 95.1 Å². The number of furan rings is 1. The Bertz CT molecular complexity index is 1100. The van der Waals surface area contributed by atoms with Crippen molar-refractivity contribution >= 4 is 22.6 Å². The van der Waals surface area contributed by atoms with Crippen molar-refractivity contribution in [2.75, 3.05) is 11.9 Å². The summed E-state index contributed by atoms with van der Waals surface area (Å²) in [5.41, 5.74) is 2.76. The van der Waals surface area contributed by atoms with E-state index in [2.05, 4.69) is 20.8 Å². The van der Waals surface area contributed by atoms with E-state index in [1.165, 1.54) is 11.0 Å². The Balaban J connectivity index is 1.62. The maximum absolute atomic E-state index is 12.7. The third-order valence-electron chi connectivity index (χ3n) is 4.14. The molecule has 0 aliphatic carbocycles. The maximum Gasteiger partial charge on any atom is 0.291 e. The summed E-state index contributed by atoms with van der Waals surface area (Å²) in [6.07, 6.45) is 1.49. The average molecular weight is 363 g/mol. The number of carbonyl (C=O) groups is 1. The van der Waals surface area contributed by atoms with Crippen LogP contribution in [0.5, 0.6) is 5.75 Å². The molecule has 0 atom stereocenters. The fourth-order valence-corrected chi connectivity index (χ4v) is 2.87. The van der Waals surface area contributed by atoms with E-state index in [0.717, 1.165) is 22.4 Å². The summed E-state index contributed by atoms with van der Waals surface area (Å²) in [7, 11) is 0. The van der Waals surface area contributed by atoms with Crippen LogP contribution in [0.4, 0.5) is 5.69 Å². The van der Waals surface area contributed by atoms with E-state index in [-0.39, 0.29) is 11.7 Å². The number of benzene rings is 2. The van der Waals surface area contributed by atoms with Crippen LogP contribution in [0.1, 0.15) is 23.0 Å². The zero-order chi connectivity index (χ0) is 18.8. The van der Waals surface area contributed by atoms with Gasteiger partial charge in [-0.2, -0.15) is 0 Å². The summed E-state index contributed by atoms with van der Waals surface area (Å²) >= 11 is 0. The lowest BCUT2D eigenvalue weighted by Gasteiger charge is -2.06. The number of hydrogen-bond donors (Lipinski definition) is 1. The Labute approximate surface area is 154 Å².